The van der Waals surface area contributed by atoms with Gasteiger partial charge in [0, 0.05) is 10.9 Å². The Morgan fingerprint density at radius 3 is 2.94 bits per heavy atom. The molecule has 1 unspecified atom stereocenters. The van der Waals surface area contributed by atoms with Crippen LogP contribution >= 0.6 is 15.9 Å². The minimum atomic E-state index is -0.885. The molecule has 1 aromatic carbocycles. The van der Waals surface area contributed by atoms with Crippen molar-refractivity contribution in [1.29, 1.82) is 0 Å². The Bertz CT molecular complexity index is 395. The molecule has 0 heterocycles. The van der Waals surface area contributed by atoms with Crippen LogP contribution < -0.4 is 0 Å². The molecular formula is C12H14BrFO3. The molecule has 0 saturated carbocycles. The van der Waals surface area contributed by atoms with Gasteiger partial charge in [0.25, 0.3) is 0 Å². The molecule has 1 N–H and O–H groups in total. The fourth-order valence-corrected chi connectivity index (χ4v) is 1.92. The number of carbonyl (C=O) groups is 1. The first-order valence-electron chi connectivity index (χ1n) is 5.33. The fraction of sp³-hybridized carbons (Fsp3) is 0.417. The van der Waals surface area contributed by atoms with Crippen LogP contribution in [-0.2, 0) is 9.53 Å². The van der Waals surface area contributed by atoms with Gasteiger partial charge >= 0.3 is 5.97 Å². The smallest absolute Gasteiger partial charge is 0.305 e. The predicted molar refractivity (Wildman–Crippen MR) is 64.9 cm³/mol. The summed E-state index contributed by atoms with van der Waals surface area (Å²) in [6.45, 7) is 2.04. The average molecular weight is 305 g/mol. The third-order valence-corrected chi connectivity index (χ3v) is 2.97. The van der Waals surface area contributed by atoms with Crippen molar-refractivity contribution in [3.05, 3.63) is 34.1 Å². The molecule has 1 rings (SSSR count). The SMILES string of the molecule is CCOC(=O)CCC(O)c1cc(F)ccc1Br. The van der Waals surface area contributed by atoms with Crippen molar-refractivity contribution >= 4 is 21.9 Å². The summed E-state index contributed by atoms with van der Waals surface area (Å²) in [4.78, 5) is 11.1. The van der Waals surface area contributed by atoms with Crippen LogP contribution in [0.25, 0.3) is 0 Å². The maximum absolute atomic E-state index is 13.0. The molecule has 0 aliphatic rings. The number of ether oxygens (including phenoxy) is 1. The Hall–Kier alpha value is -0.940. The van der Waals surface area contributed by atoms with Gasteiger partial charge in [-0.2, -0.15) is 0 Å². The fourth-order valence-electron chi connectivity index (χ4n) is 1.41. The summed E-state index contributed by atoms with van der Waals surface area (Å²) < 4.78 is 18.4. The summed E-state index contributed by atoms with van der Waals surface area (Å²) in [5.41, 5.74) is 0.439. The number of hydrogen-bond donors (Lipinski definition) is 1. The van der Waals surface area contributed by atoms with Crippen LogP contribution in [0.5, 0.6) is 0 Å². The second-order valence-electron chi connectivity index (χ2n) is 3.53. The van der Waals surface area contributed by atoms with E-state index in [9.17, 15) is 14.3 Å². The summed E-state index contributed by atoms with van der Waals surface area (Å²) in [5.74, 6) is -0.780. The monoisotopic (exact) mass is 304 g/mol. The number of carbonyl (C=O) groups excluding carboxylic acids is 1. The van der Waals surface area contributed by atoms with Crippen LogP contribution in [0.4, 0.5) is 4.39 Å². The first-order chi connectivity index (χ1) is 8.04. The molecule has 0 bridgehead atoms. The molecule has 17 heavy (non-hydrogen) atoms. The lowest BCUT2D eigenvalue weighted by Gasteiger charge is -2.12. The second kappa shape index (κ2) is 6.71. The van der Waals surface area contributed by atoms with Crippen molar-refractivity contribution in [2.24, 2.45) is 0 Å². The molecule has 5 heteroatoms. The van der Waals surface area contributed by atoms with E-state index in [1.165, 1.54) is 18.2 Å². The van der Waals surface area contributed by atoms with E-state index in [4.69, 9.17) is 4.74 Å². The quantitative estimate of drug-likeness (QED) is 0.851. The standard InChI is InChI=1S/C12H14BrFO3/c1-2-17-12(16)6-5-11(15)9-7-8(14)3-4-10(9)13/h3-4,7,11,15H,2,5-6H2,1H3. The topological polar surface area (TPSA) is 46.5 Å². The van der Waals surface area contributed by atoms with E-state index in [0.717, 1.165) is 0 Å². The Morgan fingerprint density at radius 1 is 1.59 bits per heavy atom. The lowest BCUT2D eigenvalue weighted by Crippen LogP contribution is -2.07. The van der Waals surface area contributed by atoms with Crippen LogP contribution in [0.3, 0.4) is 0 Å². The molecule has 0 amide bonds. The lowest BCUT2D eigenvalue weighted by molar-refractivity contribution is -0.143. The third-order valence-electron chi connectivity index (χ3n) is 2.24. The molecular weight excluding hydrogens is 291 g/mol. The average Bonchev–Trinajstić information content (AvgIpc) is 2.29. The van der Waals surface area contributed by atoms with E-state index < -0.39 is 11.9 Å². The van der Waals surface area contributed by atoms with Gasteiger partial charge in [0.2, 0.25) is 0 Å². The van der Waals surface area contributed by atoms with Crippen molar-refractivity contribution in [3.63, 3.8) is 0 Å². The zero-order valence-electron chi connectivity index (χ0n) is 9.45. The highest BCUT2D eigenvalue weighted by atomic mass is 79.9. The van der Waals surface area contributed by atoms with E-state index in [-0.39, 0.29) is 18.8 Å². The Kier molecular flexibility index (Phi) is 5.58. The van der Waals surface area contributed by atoms with Crippen LogP contribution in [0.2, 0.25) is 0 Å². The van der Waals surface area contributed by atoms with Gasteiger partial charge in [0.1, 0.15) is 5.82 Å². The van der Waals surface area contributed by atoms with Gasteiger partial charge in [-0.1, -0.05) is 15.9 Å². The van der Waals surface area contributed by atoms with Crippen LogP contribution in [0.15, 0.2) is 22.7 Å². The van der Waals surface area contributed by atoms with E-state index in [1.807, 2.05) is 0 Å². The van der Waals surface area contributed by atoms with Gasteiger partial charge in [-0.25, -0.2) is 4.39 Å². The number of esters is 1. The van der Waals surface area contributed by atoms with Crippen molar-refractivity contribution in [1.82, 2.24) is 0 Å². The maximum atomic E-state index is 13.0. The van der Waals surface area contributed by atoms with Crippen molar-refractivity contribution < 1.29 is 19.0 Å². The third kappa shape index (κ3) is 4.44. The van der Waals surface area contributed by atoms with Crippen LogP contribution in [0, 0.1) is 5.82 Å². The predicted octanol–water partition coefficient (Wildman–Crippen LogP) is 2.96. The molecule has 1 atom stereocenters. The number of halogens is 2. The van der Waals surface area contributed by atoms with Crippen molar-refractivity contribution in [2.75, 3.05) is 6.61 Å². The molecule has 3 nitrogen and oxygen atoms in total. The van der Waals surface area contributed by atoms with Gasteiger partial charge in [0.05, 0.1) is 12.7 Å². The van der Waals surface area contributed by atoms with Gasteiger partial charge < -0.3 is 9.84 Å². The molecule has 1 aromatic rings. The first kappa shape index (κ1) is 14.1. The van der Waals surface area contributed by atoms with E-state index in [0.29, 0.717) is 16.6 Å². The molecule has 94 valence electrons. The number of rotatable bonds is 5. The first-order valence-corrected chi connectivity index (χ1v) is 6.12. The molecule has 0 saturated heterocycles. The normalized spacial score (nSPS) is 12.2. The summed E-state index contributed by atoms with van der Waals surface area (Å²) in [7, 11) is 0. The van der Waals surface area contributed by atoms with Gasteiger partial charge in [-0.15, -0.1) is 0 Å². The largest absolute Gasteiger partial charge is 0.466 e. The highest BCUT2D eigenvalue weighted by Gasteiger charge is 2.14. The molecule has 0 fully saturated rings. The summed E-state index contributed by atoms with van der Waals surface area (Å²) >= 11 is 3.23. The van der Waals surface area contributed by atoms with E-state index in [1.54, 1.807) is 6.92 Å². The second-order valence-corrected chi connectivity index (χ2v) is 4.38. The minimum absolute atomic E-state index is 0.109. The van der Waals surface area contributed by atoms with Crippen molar-refractivity contribution in [3.8, 4) is 0 Å². The number of hydrogen-bond acceptors (Lipinski definition) is 3. The Morgan fingerprint density at radius 2 is 2.29 bits per heavy atom. The van der Waals surface area contributed by atoms with E-state index >= 15 is 0 Å². The summed E-state index contributed by atoms with van der Waals surface area (Å²) in [6, 6.07) is 4.07. The molecule has 0 aliphatic carbocycles. The highest BCUT2D eigenvalue weighted by Crippen LogP contribution is 2.27. The summed E-state index contributed by atoms with van der Waals surface area (Å²) in [6.07, 6.45) is -0.566. The molecule has 0 aromatic heterocycles. The molecule has 0 spiro atoms. The van der Waals surface area contributed by atoms with Crippen LogP contribution in [-0.4, -0.2) is 17.7 Å². The zero-order valence-corrected chi connectivity index (χ0v) is 11.0. The summed E-state index contributed by atoms with van der Waals surface area (Å²) in [5, 5.41) is 9.84. The van der Waals surface area contributed by atoms with Gasteiger partial charge in [-0.3, -0.25) is 4.79 Å². The minimum Gasteiger partial charge on any atom is -0.466 e. The number of aliphatic hydroxyl groups is 1. The van der Waals surface area contributed by atoms with Gasteiger partial charge in [-0.05, 0) is 37.1 Å². The van der Waals surface area contributed by atoms with Gasteiger partial charge in [0.15, 0.2) is 0 Å². The lowest BCUT2D eigenvalue weighted by atomic mass is 10.0. The van der Waals surface area contributed by atoms with Crippen molar-refractivity contribution in [2.45, 2.75) is 25.9 Å². The number of benzene rings is 1. The molecule has 0 aliphatic heterocycles. The highest BCUT2D eigenvalue weighted by molar-refractivity contribution is 9.10. The Balaban J connectivity index is 2.60. The molecule has 0 radical (unpaired) electrons. The zero-order chi connectivity index (χ0) is 12.8. The maximum Gasteiger partial charge on any atom is 0.305 e. The van der Waals surface area contributed by atoms with Crippen LogP contribution in [0.1, 0.15) is 31.4 Å². The Labute approximate surface area is 108 Å². The van der Waals surface area contributed by atoms with E-state index in [2.05, 4.69) is 15.9 Å². The number of aliphatic hydroxyl groups excluding tert-OH is 1.